The van der Waals surface area contributed by atoms with Crippen LogP contribution in [0.4, 0.5) is 10.5 Å². The number of aliphatic imine (C=N–C) groups is 1. The monoisotopic (exact) mass is 426 g/mol. The number of amides is 4. The molecule has 0 radical (unpaired) electrons. The van der Waals surface area contributed by atoms with E-state index < -0.39 is 11.9 Å². The summed E-state index contributed by atoms with van der Waals surface area (Å²) in [5.41, 5.74) is 1.58. The summed E-state index contributed by atoms with van der Waals surface area (Å²) in [6, 6.07) is 7.15. The van der Waals surface area contributed by atoms with Gasteiger partial charge in [0.15, 0.2) is 0 Å². The fraction of sp³-hybridized carbons (Fsp3) is 0.364. The molecule has 7 nitrogen and oxygen atoms in total. The molecule has 156 valence electrons. The first kappa shape index (κ1) is 20.3. The van der Waals surface area contributed by atoms with Gasteiger partial charge in [-0.3, -0.25) is 14.5 Å². The van der Waals surface area contributed by atoms with E-state index in [2.05, 4.69) is 9.89 Å². The zero-order valence-electron chi connectivity index (χ0n) is 16.5. The molecule has 4 amide bonds. The van der Waals surface area contributed by atoms with Crippen LogP contribution in [0.5, 0.6) is 0 Å². The molecule has 1 aromatic rings. The van der Waals surface area contributed by atoms with Crippen LogP contribution in [-0.4, -0.2) is 66.1 Å². The van der Waals surface area contributed by atoms with Crippen molar-refractivity contribution in [1.29, 1.82) is 0 Å². The minimum absolute atomic E-state index is 0.0485. The topological polar surface area (TPSA) is 73.3 Å². The maximum absolute atomic E-state index is 12.6. The quantitative estimate of drug-likeness (QED) is 0.725. The Morgan fingerprint density at radius 2 is 1.80 bits per heavy atom. The zero-order valence-corrected chi connectivity index (χ0v) is 17.3. The van der Waals surface area contributed by atoms with E-state index in [0.29, 0.717) is 36.7 Å². The van der Waals surface area contributed by atoms with E-state index in [-0.39, 0.29) is 18.4 Å². The van der Waals surface area contributed by atoms with Crippen molar-refractivity contribution in [2.24, 2.45) is 10.9 Å². The van der Waals surface area contributed by atoms with Gasteiger partial charge in [0.05, 0.1) is 11.6 Å². The van der Waals surface area contributed by atoms with Crippen molar-refractivity contribution in [3.05, 3.63) is 53.6 Å². The molecule has 2 aliphatic heterocycles. The smallest absolute Gasteiger partial charge is 0.350 e. The van der Waals surface area contributed by atoms with E-state index >= 15 is 0 Å². The number of carbonyl (C=O) groups is 3. The van der Waals surface area contributed by atoms with Gasteiger partial charge in [0.2, 0.25) is 11.8 Å². The first-order valence-electron chi connectivity index (χ1n) is 10.1. The highest BCUT2D eigenvalue weighted by atomic mass is 35.5. The molecule has 2 heterocycles. The van der Waals surface area contributed by atoms with Crippen molar-refractivity contribution in [2.75, 3.05) is 37.6 Å². The lowest BCUT2D eigenvalue weighted by Crippen LogP contribution is -2.49. The predicted octanol–water partition coefficient (Wildman–Crippen LogP) is 2.91. The largest absolute Gasteiger partial charge is 0.368 e. The molecule has 1 aliphatic carbocycles. The number of carbonyl (C=O) groups excluding carboxylic acids is 3. The van der Waals surface area contributed by atoms with E-state index in [1.165, 1.54) is 0 Å². The summed E-state index contributed by atoms with van der Waals surface area (Å²) >= 11 is 5.94. The Kier molecular flexibility index (Phi) is 5.99. The van der Waals surface area contributed by atoms with Gasteiger partial charge >= 0.3 is 6.03 Å². The van der Waals surface area contributed by atoms with E-state index in [0.717, 1.165) is 23.7 Å². The Balaban J connectivity index is 1.25. The summed E-state index contributed by atoms with van der Waals surface area (Å²) in [7, 11) is 0. The van der Waals surface area contributed by atoms with E-state index in [4.69, 9.17) is 11.6 Å². The number of rotatable bonds is 5. The van der Waals surface area contributed by atoms with Crippen LogP contribution < -0.4 is 4.90 Å². The number of allylic oxidation sites excluding steroid dienone is 3. The maximum atomic E-state index is 12.6. The Hall–Kier alpha value is -2.93. The molecular weight excluding hydrogens is 404 g/mol. The average molecular weight is 427 g/mol. The second-order valence-electron chi connectivity index (χ2n) is 7.48. The molecule has 1 aromatic carbocycles. The Morgan fingerprint density at radius 1 is 1.07 bits per heavy atom. The molecule has 1 atom stereocenters. The highest BCUT2D eigenvalue weighted by molar-refractivity contribution is 6.30. The Morgan fingerprint density at radius 3 is 2.53 bits per heavy atom. The summed E-state index contributed by atoms with van der Waals surface area (Å²) in [6.07, 6.45) is 7.70. The van der Waals surface area contributed by atoms with Crippen LogP contribution in [0.25, 0.3) is 0 Å². The van der Waals surface area contributed by atoms with Crippen molar-refractivity contribution in [3.8, 4) is 0 Å². The second-order valence-corrected chi connectivity index (χ2v) is 7.92. The molecule has 0 aromatic heterocycles. The minimum atomic E-state index is -0.546. The highest BCUT2D eigenvalue weighted by Gasteiger charge is 2.35. The van der Waals surface area contributed by atoms with Crippen LogP contribution in [0.1, 0.15) is 12.8 Å². The molecule has 0 bridgehead atoms. The Labute approximate surface area is 180 Å². The number of nitrogens with zero attached hydrogens (tertiary/aromatic N) is 4. The lowest BCUT2D eigenvalue weighted by molar-refractivity contribution is -0.133. The number of benzene rings is 1. The Bertz CT molecular complexity index is 930. The predicted molar refractivity (Wildman–Crippen MR) is 116 cm³/mol. The highest BCUT2D eigenvalue weighted by Crippen LogP contribution is 2.21. The molecule has 4 rings (SSSR count). The van der Waals surface area contributed by atoms with Gasteiger partial charge in [-0.05, 0) is 36.8 Å². The second kappa shape index (κ2) is 8.83. The standard InChI is InChI=1S/C22H23ClN4O3/c23-16-7-9-17(10-8-16)25-12-14-26(15-13-25)20(28)6-3-11-27-21(29)18-4-1-2-5-19(18)24-22(27)30/h1-2,4-5,7-10,18H,3,6,11-15H2. The summed E-state index contributed by atoms with van der Waals surface area (Å²) in [6.45, 7) is 3.02. The van der Waals surface area contributed by atoms with Gasteiger partial charge < -0.3 is 9.80 Å². The van der Waals surface area contributed by atoms with Gasteiger partial charge in [0.1, 0.15) is 0 Å². The van der Waals surface area contributed by atoms with Gasteiger partial charge in [-0.2, -0.15) is 4.99 Å². The number of anilines is 1. The van der Waals surface area contributed by atoms with Crippen LogP contribution in [0.3, 0.4) is 0 Å². The first-order chi connectivity index (χ1) is 14.5. The molecule has 0 spiro atoms. The number of hydrogen-bond acceptors (Lipinski definition) is 4. The number of urea groups is 1. The van der Waals surface area contributed by atoms with Gasteiger partial charge in [-0.15, -0.1) is 0 Å². The van der Waals surface area contributed by atoms with E-state index in [9.17, 15) is 14.4 Å². The first-order valence-corrected chi connectivity index (χ1v) is 10.5. The fourth-order valence-corrected chi connectivity index (χ4v) is 4.02. The normalized spacial score (nSPS) is 21.0. The number of hydrogen-bond donors (Lipinski definition) is 0. The molecular formula is C22H23ClN4O3. The summed E-state index contributed by atoms with van der Waals surface area (Å²) in [4.78, 5) is 46.6. The van der Waals surface area contributed by atoms with E-state index in [1.54, 1.807) is 24.3 Å². The summed E-state index contributed by atoms with van der Waals surface area (Å²) in [5.74, 6) is -0.716. The molecule has 0 saturated carbocycles. The van der Waals surface area contributed by atoms with Gasteiger partial charge in [0, 0.05) is 49.9 Å². The van der Waals surface area contributed by atoms with Crippen LogP contribution >= 0.6 is 11.6 Å². The van der Waals surface area contributed by atoms with E-state index in [1.807, 2.05) is 29.2 Å². The lowest BCUT2D eigenvalue weighted by atomic mass is 9.95. The van der Waals surface area contributed by atoms with Crippen LogP contribution in [0.15, 0.2) is 53.6 Å². The number of piperazine rings is 1. The van der Waals surface area contributed by atoms with Crippen LogP contribution in [-0.2, 0) is 9.59 Å². The number of fused-ring (bicyclic) bond motifs is 1. The molecule has 30 heavy (non-hydrogen) atoms. The number of halogens is 1. The maximum Gasteiger partial charge on any atom is 0.350 e. The minimum Gasteiger partial charge on any atom is -0.368 e. The molecule has 1 unspecified atom stereocenters. The van der Waals surface area contributed by atoms with Gasteiger partial charge in [-0.25, -0.2) is 4.79 Å². The summed E-state index contributed by atoms with van der Waals surface area (Å²) < 4.78 is 0. The molecule has 8 heteroatoms. The summed E-state index contributed by atoms with van der Waals surface area (Å²) in [5, 5.41) is 0.705. The average Bonchev–Trinajstić information content (AvgIpc) is 2.76. The fourth-order valence-electron chi connectivity index (χ4n) is 3.90. The number of imide groups is 1. The van der Waals surface area contributed by atoms with Crippen molar-refractivity contribution >= 4 is 40.8 Å². The lowest BCUT2D eigenvalue weighted by Gasteiger charge is -2.36. The zero-order chi connectivity index (χ0) is 21.1. The molecule has 0 N–H and O–H groups in total. The SMILES string of the molecule is O=C(CCCN1C(=O)N=C2C=CC=CC2C1=O)N1CCN(c2ccc(Cl)cc2)CC1. The van der Waals surface area contributed by atoms with Crippen LogP contribution in [0, 0.1) is 5.92 Å². The van der Waals surface area contributed by atoms with Crippen molar-refractivity contribution < 1.29 is 14.4 Å². The van der Waals surface area contributed by atoms with Gasteiger partial charge in [0.25, 0.3) is 0 Å². The van der Waals surface area contributed by atoms with Crippen molar-refractivity contribution in [1.82, 2.24) is 9.80 Å². The molecule has 3 aliphatic rings. The van der Waals surface area contributed by atoms with Gasteiger partial charge in [-0.1, -0.05) is 29.8 Å². The third-order valence-corrected chi connectivity index (χ3v) is 5.84. The van der Waals surface area contributed by atoms with Crippen molar-refractivity contribution in [3.63, 3.8) is 0 Å². The molecule has 1 fully saturated rings. The van der Waals surface area contributed by atoms with Crippen LogP contribution in [0.2, 0.25) is 5.02 Å². The third-order valence-electron chi connectivity index (χ3n) is 5.58. The molecule has 1 saturated heterocycles. The third kappa shape index (κ3) is 4.31. The van der Waals surface area contributed by atoms with Crippen molar-refractivity contribution in [2.45, 2.75) is 12.8 Å².